The lowest BCUT2D eigenvalue weighted by molar-refractivity contribution is -0.141. The Morgan fingerprint density at radius 3 is 2.41 bits per heavy atom. The van der Waals surface area contributed by atoms with Crippen LogP contribution in [0.2, 0.25) is 0 Å². The molecule has 2 atom stereocenters. The number of likely N-dealkylation sites (tertiary alicyclic amines) is 1. The molecule has 0 amide bonds. The molecule has 152 valence electrons. The van der Waals surface area contributed by atoms with Gasteiger partial charge < -0.3 is 10.4 Å². The molecule has 1 saturated carbocycles. The van der Waals surface area contributed by atoms with Crippen molar-refractivity contribution in [2.45, 2.75) is 56.7 Å². The van der Waals surface area contributed by atoms with Crippen molar-refractivity contribution < 1.29 is 22.9 Å². The van der Waals surface area contributed by atoms with Gasteiger partial charge in [-0.1, -0.05) is 12.5 Å². The zero-order chi connectivity index (χ0) is 18.4. The highest BCUT2D eigenvalue weighted by molar-refractivity contribution is 7.86. The Hall–Kier alpha value is -0.990. The van der Waals surface area contributed by atoms with Crippen molar-refractivity contribution >= 4 is 10.8 Å². The van der Waals surface area contributed by atoms with Gasteiger partial charge in [-0.25, -0.2) is 0 Å². The first-order chi connectivity index (χ1) is 12.3. The minimum atomic E-state index is -4.37. The molecule has 4 nitrogen and oxygen atoms in total. The molecule has 27 heavy (non-hydrogen) atoms. The van der Waals surface area contributed by atoms with Crippen LogP contribution in [0, 0.1) is 5.41 Å². The highest BCUT2D eigenvalue weighted by Crippen LogP contribution is 2.43. The summed E-state index contributed by atoms with van der Waals surface area (Å²) in [4.78, 5) is 6.21. The van der Waals surface area contributed by atoms with E-state index in [0.29, 0.717) is 17.4 Å². The monoisotopic (exact) mass is 404 g/mol. The molecule has 4 rings (SSSR count). The van der Waals surface area contributed by atoms with Gasteiger partial charge in [-0.15, -0.1) is 0 Å². The number of aromatic nitrogens is 1. The van der Waals surface area contributed by atoms with E-state index in [0.717, 1.165) is 68.3 Å². The summed E-state index contributed by atoms with van der Waals surface area (Å²) < 4.78 is 49.6. The van der Waals surface area contributed by atoms with Crippen LogP contribution >= 0.6 is 0 Å². The van der Waals surface area contributed by atoms with Gasteiger partial charge in [0.25, 0.3) is 0 Å². The number of piperidine rings is 1. The maximum absolute atomic E-state index is 12.7. The molecule has 0 aromatic carbocycles. The van der Waals surface area contributed by atoms with Gasteiger partial charge in [-0.3, -0.25) is 9.19 Å². The molecule has 1 aromatic rings. The first kappa shape index (κ1) is 20.7. The molecule has 2 saturated heterocycles. The first-order valence-corrected chi connectivity index (χ1v) is 11.0. The second-order valence-corrected chi connectivity index (χ2v) is 9.71. The van der Waals surface area contributed by atoms with Crippen molar-refractivity contribution in [2.75, 3.05) is 24.6 Å². The SMILES string of the molecule is O.O=S1CC2(CCN([C@H]3CCC[C@H](c4ccc(C(F)(F)F)nc4)C3)CC2)C1. The van der Waals surface area contributed by atoms with Gasteiger partial charge in [-0.2, -0.15) is 13.2 Å². The van der Waals surface area contributed by atoms with Crippen molar-refractivity contribution in [3.05, 3.63) is 29.6 Å². The number of rotatable bonds is 2. The van der Waals surface area contributed by atoms with Crippen LogP contribution in [0.1, 0.15) is 55.7 Å². The van der Waals surface area contributed by atoms with Gasteiger partial charge in [0.1, 0.15) is 5.69 Å². The zero-order valence-electron chi connectivity index (χ0n) is 15.3. The quantitative estimate of drug-likeness (QED) is 0.761. The molecular weight excluding hydrogens is 377 g/mol. The predicted molar refractivity (Wildman–Crippen MR) is 99.0 cm³/mol. The van der Waals surface area contributed by atoms with Gasteiger partial charge in [0.05, 0.1) is 0 Å². The van der Waals surface area contributed by atoms with Crippen LogP contribution in [0.25, 0.3) is 0 Å². The van der Waals surface area contributed by atoms with Crippen LogP contribution in [0.5, 0.6) is 0 Å². The van der Waals surface area contributed by atoms with Crippen molar-refractivity contribution in [3.63, 3.8) is 0 Å². The average molecular weight is 404 g/mol. The Morgan fingerprint density at radius 1 is 1.15 bits per heavy atom. The van der Waals surface area contributed by atoms with E-state index >= 15 is 0 Å². The number of halogens is 3. The molecule has 2 aliphatic heterocycles. The van der Waals surface area contributed by atoms with E-state index in [1.165, 1.54) is 12.6 Å². The van der Waals surface area contributed by atoms with Gasteiger partial charge in [-0.05, 0) is 68.2 Å². The van der Waals surface area contributed by atoms with Gasteiger partial charge in [0.2, 0.25) is 0 Å². The third-order valence-electron chi connectivity index (χ3n) is 6.50. The molecule has 0 radical (unpaired) electrons. The summed E-state index contributed by atoms with van der Waals surface area (Å²) in [6.07, 6.45) is 3.65. The van der Waals surface area contributed by atoms with Crippen molar-refractivity contribution in [1.29, 1.82) is 0 Å². The predicted octanol–water partition coefficient (Wildman–Crippen LogP) is 3.15. The minimum Gasteiger partial charge on any atom is -0.412 e. The molecule has 0 bridgehead atoms. The number of nitrogens with zero attached hydrogens (tertiary/aromatic N) is 2. The zero-order valence-corrected chi connectivity index (χ0v) is 16.1. The molecule has 0 unspecified atom stereocenters. The third kappa shape index (κ3) is 4.38. The fraction of sp³-hybridized carbons (Fsp3) is 0.737. The minimum absolute atomic E-state index is 0. The highest BCUT2D eigenvalue weighted by Gasteiger charge is 2.45. The highest BCUT2D eigenvalue weighted by atomic mass is 32.2. The molecule has 8 heteroatoms. The first-order valence-electron chi connectivity index (χ1n) is 9.47. The normalized spacial score (nSPS) is 29.1. The fourth-order valence-corrected chi connectivity index (χ4v) is 6.76. The maximum Gasteiger partial charge on any atom is 0.433 e. The second-order valence-electron chi connectivity index (χ2n) is 8.26. The molecule has 3 fully saturated rings. The summed E-state index contributed by atoms with van der Waals surface area (Å²) in [7, 11) is -0.589. The maximum atomic E-state index is 12.7. The lowest BCUT2D eigenvalue weighted by Gasteiger charge is -2.49. The summed E-state index contributed by atoms with van der Waals surface area (Å²) in [6, 6.07) is 3.23. The van der Waals surface area contributed by atoms with Crippen LogP contribution in [0.4, 0.5) is 13.2 Å². The van der Waals surface area contributed by atoms with Crippen LogP contribution in [-0.2, 0) is 17.0 Å². The lowest BCUT2D eigenvalue weighted by Crippen LogP contribution is -2.54. The molecule has 2 N–H and O–H groups in total. The summed E-state index contributed by atoms with van der Waals surface area (Å²) in [5.74, 6) is 2.06. The van der Waals surface area contributed by atoms with E-state index in [4.69, 9.17) is 0 Å². The summed E-state index contributed by atoms with van der Waals surface area (Å²) in [6.45, 7) is 2.14. The van der Waals surface area contributed by atoms with Crippen LogP contribution in [0.15, 0.2) is 18.3 Å². The number of hydrogen-bond donors (Lipinski definition) is 0. The van der Waals surface area contributed by atoms with Crippen LogP contribution in [-0.4, -0.2) is 50.2 Å². The van der Waals surface area contributed by atoms with Gasteiger partial charge in [0, 0.05) is 34.5 Å². The summed E-state index contributed by atoms with van der Waals surface area (Å²) >= 11 is 0. The van der Waals surface area contributed by atoms with Crippen LogP contribution in [0.3, 0.4) is 0 Å². The second kappa shape index (κ2) is 7.79. The van der Waals surface area contributed by atoms with Crippen molar-refractivity contribution in [1.82, 2.24) is 9.88 Å². The number of hydrogen-bond acceptors (Lipinski definition) is 3. The molecular formula is C19H27F3N2O2S. The Kier molecular flexibility index (Phi) is 5.99. The Balaban J connectivity index is 0.00000210. The van der Waals surface area contributed by atoms with Crippen LogP contribution < -0.4 is 0 Å². The summed E-state index contributed by atoms with van der Waals surface area (Å²) in [5.41, 5.74) is 0.464. The number of pyridine rings is 1. The van der Waals surface area contributed by atoms with E-state index in [1.54, 1.807) is 6.07 Å². The van der Waals surface area contributed by atoms with E-state index in [9.17, 15) is 17.4 Å². The molecule has 3 heterocycles. The van der Waals surface area contributed by atoms with Crippen molar-refractivity contribution in [3.8, 4) is 0 Å². The summed E-state index contributed by atoms with van der Waals surface area (Å²) in [5, 5.41) is 0. The number of alkyl halides is 3. The van der Waals surface area contributed by atoms with Gasteiger partial charge in [0.15, 0.2) is 0 Å². The van der Waals surface area contributed by atoms with E-state index < -0.39 is 22.7 Å². The molecule has 1 spiro atoms. The lowest BCUT2D eigenvalue weighted by atomic mass is 9.77. The fourth-order valence-electron chi connectivity index (χ4n) is 4.91. The topological polar surface area (TPSA) is 64.7 Å². The third-order valence-corrected chi connectivity index (χ3v) is 8.37. The molecule has 1 aromatic heterocycles. The Morgan fingerprint density at radius 2 is 1.85 bits per heavy atom. The molecule has 3 aliphatic rings. The van der Waals surface area contributed by atoms with E-state index in [1.807, 2.05) is 0 Å². The van der Waals surface area contributed by atoms with E-state index in [-0.39, 0.29) is 5.48 Å². The Bertz CT molecular complexity index is 663. The Labute approximate surface area is 160 Å². The van der Waals surface area contributed by atoms with Gasteiger partial charge >= 0.3 is 6.18 Å². The smallest absolute Gasteiger partial charge is 0.412 e. The largest absolute Gasteiger partial charge is 0.433 e. The molecule has 1 aliphatic carbocycles. The standard InChI is InChI=1S/C19H25F3N2OS.H2O/c20-19(21,22)17-5-4-15(11-23-17)14-2-1-3-16(10-14)24-8-6-18(7-9-24)12-26(25)13-18;/h4-5,11,14,16H,1-3,6-10,12-13H2;1H2/t14-,16-;/m0./s1. The van der Waals surface area contributed by atoms with E-state index in [2.05, 4.69) is 9.88 Å². The average Bonchev–Trinajstić information content (AvgIpc) is 2.61. The van der Waals surface area contributed by atoms with Crippen molar-refractivity contribution in [2.24, 2.45) is 5.41 Å².